The molecular weight excluding hydrogens is 158 g/mol. The average Bonchev–Trinajstić information content (AvgIpc) is 2.29. The molecule has 1 heterocycles. The standard InChI is InChI=1S/C12H17N/c1-10-3-4-11-5-7-13(2)8-6-12(11)9-10/h3-4,9H,5-8H2,1-2H3. The highest BCUT2D eigenvalue weighted by molar-refractivity contribution is 5.32. The second-order valence-electron chi connectivity index (χ2n) is 4.08. The predicted molar refractivity (Wildman–Crippen MR) is 56.1 cm³/mol. The molecule has 0 aliphatic carbocycles. The fourth-order valence-electron chi connectivity index (χ4n) is 1.97. The van der Waals surface area contributed by atoms with Gasteiger partial charge in [-0.05, 0) is 37.9 Å². The number of likely N-dealkylation sites (N-methyl/N-ethyl adjacent to an activating group) is 1. The van der Waals surface area contributed by atoms with Gasteiger partial charge in [0.15, 0.2) is 0 Å². The van der Waals surface area contributed by atoms with Gasteiger partial charge >= 0.3 is 0 Å². The number of nitrogens with zero attached hydrogens (tertiary/aromatic N) is 1. The van der Waals surface area contributed by atoms with Crippen molar-refractivity contribution in [2.75, 3.05) is 20.1 Å². The van der Waals surface area contributed by atoms with Gasteiger partial charge in [-0.3, -0.25) is 0 Å². The third-order valence-corrected chi connectivity index (χ3v) is 2.89. The molecule has 1 aliphatic heterocycles. The summed E-state index contributed by atoms with van der Waals surface area (Å²) in [6.45, 7) is 4.58. The topological polar surface area (TPSA) is 3.24 Å². The zero-order valence-electron chi connectivity index (χ0n) is 8.51. The van der Waals surface area contributed by atoms with E-state index in [0.29, 0.717) is 0 Å². The molecule has 0 spiro atoms. The van der Waals surface area contributed by atoms with Crippen molar-refractivity contribution in [3.63, 3.8) is 0 Å². The Kier molecular flexibility index (Phi) is 2.36. The second-order valence-corrected chi connectivity index (χ2v) is 4.08. The van der Waals surface area contributed by atoms with E-state index in [1.165, 1.54) is 31.5 Å². The number of aryl methyl sites for hydroxylation is 1. The number of fused-ring (bicyclic) bond motifs is 1. The van der Waals surface area contributed by atoms with E-state index in [1.807, 2.05) is 0 Å². The summed E-state index contributed by atoms with van der Waals surface area (Å²) in [5.41, 5.74) is 4.50. The Hall–Kier alpha value is -0.820. The van der Waals surface area contributed by atoms with Crippen LogP contribution in [0.15, 0.2) is 18.2 Å². The van der Waals surface area contributed by atoms with E-state index in [0.717, 1.165) is 0 Å². The largest absolute Gasteiger partial charge is 0.306 e. The summed E-state index contributed by atoms with van der Waals surface area (Å²) in [5, 5.41) is 0. The van der Waals surface area contributed by atoms with Crippen LogP contribution in [0.5, 0.6) is 0 Å². The minimum atomic E-state index is 1.20. The molecule has 0 N–H and O–H groups in total. The van der Waals surface area contributed by atoms with Crippen LogP contribution >= 0.6 is 0 Å². The van der Waals surface area contributed by atoms with Gasteiger partial charge in [-0.25, -0.2) is 0 Å². The lowest BCUT2D eigenvalue weighted by Crippen LogP contribution is -2.20. The van der Waals surface area contributed by atoms with Crippen LogP contribution < -0.4 is 0 Å². The molecule has 1 aromatic rings. The summed E-state index contributed by atoms with van der Waals surface area (Å²) in [6, 6.07) is 6.86. The molecule has 13 heavy (non-hydrogen) atoms. The van der Waals surface area contributed by atoms with Crippen LogP contribution in [0.3, 0.4) is 0 Å². The first-order valence-corrected chi connectivity index (χ1v) is 5.02. The Morgan fingerprint density at radius 1 is 1.08 bits per heavy atom. The first-order chi connectivity index (χ1) is 6.25. The molecule has 1 aliphatic rings. The predicted octanol–water partition coefficient (Wildman–Crippen LogP) is 2.03. The van der Waals surface area contributed by atoms with Crippen molar-refractivity contribution >= 4 is 0 Å². The molecule has 1 nitrogen and oxygen atoms in total. The molecule has 0 radical (unpaired) electrons. The molecule has 0 aromatic heterocycles. The molecule has 0 bridgehead atoms. The van der Waals surface area contributed by atoms with E-state index < -0.39 is 0 Å². The van der Waals surface area contributed by atoms with Crippen molar-refractivity contribution in [1.82, 2.24) is 4.90 Å². The van der Waals surface area contributed by atoms with E-state index in [-0.39, 0.29) is 0 Å². The van der Waals surface area contributed by atoms with Gasteiger partial charge in [0.2, 0.25) is 0 Å². The highest BCUT2D eigenvalue weighted by Crippen LogP contribution is 2.16. The minimum absolute atomic E-state index is 1.20. The third kappa shape index (κ3) is 1.92. The molecule has 0 amide bonds. The van der Waals surface area contributed by atoms with Crippen molar-refractivity contribution in [3.05, 3.63) is 34.9 Å². The maximum atomic E-state index is 2.41. The molecule has 2 rings (SSSR count). The first kappa shape index (κ1) is 8.76. The number of hydrogen-bond donors (Lipinski definition) is 0. The van der Waals surface area contributed by atoms with Crippen LogP contribution in [0, 0.1) is 6.92 Å². The fourth-order valence-corrected chi connectivity index (χ4v) is 1.97. The van der Waals surface area contributed by atoms with Crippen LogP contribution in [0.1, 0.15) is 16.7 Å². The minimum Gasteiger partial charge on any atom is -0.306 e. The molecule has 70 valence electrons. The maximum absolute atomic E-state index is 2.41. The van der Waals surface area contributed by atoms with Gasteiger partial charge in [0, 0.05) is 13.1 Å². The number of hydrogen-bond acceptors (Lipinski definition) is 1. The van der Waals surface area contributed by atoms with Crippen LogP contribution in [-0.2, 0) is 12.8 Å². The normalized spacial score (nSPS) is 18.0. The Bertz CT molecular complexity index is 304. The highest BCUT2D eigenvalue weighted by Gasteiger charge is 2.10. The zero-order valence-corrected chi connectivity index (χ0v) is 8.51. The van der Waals surface area contributed by atoms with Gasteiger partial charge in [-0.1, -0.05) is 23.8 Å². The van der Waals surface area contributed by atoms with E-state index >= 15 is 0 Å². The van der Waals surface area contributed by atoms with Gasteiger partial charge < -0.3 is 4.90 Å². The lowest BCUT2D eigenvalue weighted by Gasteiger charge is -2.10. The maximum Gasteiger partial charge on any atom is 0.00190 e. The summed E-state index contributed by atoms with van der Waals surface area (Å²) in [5.74, 6) is 0. The first-order valence-electron chi connectivity index (χ1n) is 5.02. The second kappa shape index (κ2) is 3.51. The molecule has 0 fully saturated rings. The van der Waals surface area contributed by atoms with Crippen LogP contribution in [0.25, 0.3) is 0 Å². The van der Waals surface area contributed by atoms with Gasteiger partial charge in [0.1, 0.15) is 0 Å². The SMILES string of the molecule is Cc1ccc2c(c1)CCN(C)CC2. The van der Waals surface area contributed by atoms with E-state index in [9.17, 15) is 0 Å². The van der Waals surface area contributed by atoms with Crippen molar-refractivity contribution in [1.29, 1.82) is 0 Å². The monoisotopic (exact) mass is 175 g/mol. The van der Waals surface area contributed by atoms with Crippen molar-refractivity contribution < 1.29 is 0 Å². The summed E-state index contributed by atoms with van der Waals surface area (Å²) in [4.78, 5) is 2.41. The molecule has 1 heteroatoms. The molecule has 1 aromatic carbocycles. The molecule has 0 saturated heterocycles. The Morgan fingerprint density at radius 3 is 2.54 bits per heavy atom. The van der Waals surface area contributed by atoms with Crippen molar-refractivity contribution in [2.24, 2.45) is 0 Å². The zero-order chi connectivity index (χ0) is 9.26. The van der Waals surface area contributed by atoms with Crippen molar-refractivity contribution in [2.45, 2.75) is 19.8 Å². The number of benzene rings is 1. The summed E-state index contributed by atoms with van der Waals surface area (Å²) in [6.07, 6.45) is 2.43. The summed E-state index contributed by atoms with van der Waals surface area (Å²) >= 11 is 0. The molecule has 0 saturated carbocycles. The Balaban J connectivity index is 2.30. The molecular formula is C12H17N. The summed E-state index contributed by atoms with van der Waals surface area (Å²) < 4.78 is 0. The van der Waals surface area contributed by atoms with Gasteiger partial charge in [-0.15, -0.1) is 0 Å². The van der Waals surface area contributed by atoms with E-state index in [2.05, 4.69) is 37.1 Å². The van der Waals surface area contributed by atoms with Gasteiger partial charge in [0.05, 0.1) is 0 Å². The van der Waals surface area contributed by atoms with E-state index in [4.69, 9.17) is 0 Å². The summed E-state index contributed by atoms with van der Waals surface area (Å²) in [7, 11) is 2.21. The Labute approximate surface area is 80.4 Å². The van der Waals surface area contributed by atoms with Crippen LogP contribution in [-0.4, -0.2) is 25.0 Å². The van der Waals surface area contributed by atoms with Crippen LogP contribution in [0.2, 0.25) is 0 Å². The van der Waals surface area contributed by atoms with Gasteiger partial charge in [-0.2, -0.15) is 0 Å². The van der Waals surface area contributed by atoms with Gasteiger partial charge in [0.25, 0.3) is 0 Å². The fraction of sp³-hybridized carbons (Fsp3) is 0.500. The Morgan fingerprint density at radius 2 is 1.77 bits per heavy atom. The average molecular weight is 175 g/mol. The third-order valence-electron chi connectivity index (χ3n) is 2.89. The highest BCUT2D eigenvalue weighted by atomic mass is 15.1. The van der Waals surface area contributed by atoms with E-state index in [1.54, 1.807) is 11.1 Å². The van der Waals surface area contributed by atoms with Crippen molar-refractivity contribution in [3.8, 4) is 0 Å². The quantitative estimate of drug-likeness (QED) is 0.583. The smallest absolute Gasteiger partial charge is 0.00190 e. The number of rotatable bonds is 0. The van der Waals surface area contributed by atoms with Crippen LogP contribution in [0.4, 0.5) is 0 Å². The molecule has 0 atom stereocenters. The lowest BCUT2D eigenvalue weighted by atomic mass is 10.0. The molecule has 0 unspecified atom stereocenters. The lowest BCUT2D eigenvalue weighted by molar-refractivity contribution is 0.352.